The molecular formula is C19H18FNO5S. The van der Waals surface area contributed by atoms with Gasteiger partial charge in [0.05, 0.1) is 22.4 Å². The lowest BCUT2D eigenvalue weighted by atomic mass is 9.92. The highest BCUT2D eigenvalue weighted by molar-refractivity contribution is 7.90. The van der Waals surface area contributed by atoms with Crippen LogP contribution in [0.1, 0.15) is 25.1 Å². The van der Waals surface area contributed by atoms with Crippen molar-refractivity contribution in [3.8, 4) is 5.75 Å². The van der Waals surface area contributed by atoms with Gasteiger partial charge in [-0.15, -0.1) is 0 Å². The van der Waals surface area contributed by atoms with Crippen LogP contribution in [0.25, 0.3) is 5.57 Å². The van der Waals surface area contributed by atoms with Crippen molar-refractivity contribution in [2.75, 3.05) is 6.26 Å². The molecule has 27 heavy (non-hydrogen) atoms. The number of carbonyl (C=O) groups excluding carboxylic acids is 1. The fourth-order valence-corrected chi connectivity index (χ4v) is 3.44. The first-order valence-electron chi connectivity index (χ1n) is 8.07. The van der Waals surface area contributed by atoms with E-state index in [2.05, 4.69) is 4.98 Å². The van der Waals surface area contributed by atoms with Gasteiger partial charge in [0.25, 0.3) is 0 Å². The molecule has 1 aliphatic heterocycles. The van der Waals surface area contributed by atoms with Crippen LogP contribution in [0.4, 0.5) is 4.39 Å². The average molecular weight is 391 g/mol. The maximum absolute atomic E-state index is 13.7. The van der Waals surface area contributed by atoms with E-state index in [1.165, 1.54) is 25.3 Å². The molecule has 0 aliphatic carbocycles. The molecule has 0 amide bonds. The summed E-state index contributed by atoms with van der Waals surface area (Å²) in [7, 11) is -3.35. The fraction of sp³-hybridized carbons (Fsp3) is 0.263. The number of hydrogen-bond acceptors (Lipinski definition) is 6. The van der Waals surface area contributed by atoms with Crippen LogP contribution in [0.2, 0.25) is 0 Å². The molecule has 2 aromatic rings. The molecule has 3 rings (SSSR count). The second-order valence-electron chi connectivity index (χ2n) is 6.74. The molecule has 0 radical (unpaired) electrons. The van der Waals surface area contributed by atoms with Gasteiger partial charge in [0, 0.05) is 12.3 Å². The molecule has 6 nitrogen and oxygen atoms in total. The largest absolute Gasteiger partial charge is 0.449 e. The maximum atomic E-state index is 13.7. The molecule has 2 heterocycles. The van der Waals surface area contributed by atoms with Crippen LogP contribution in [0.15, 0.2) is 47.2 Å². The molecule has 0 saturated carbocycles. The van der Waals surface area contributed by atoms with Crippen LogP contribution in [-0.4, -0.2) is 31.2 Å². The minimum Gasteiger partial charge on any atom is -0.449 e. The zero-order valence-electron chi connectivity index (χ0n) is 15.2. The number of benzene rings is 1. The SMILES string of the molecule is Cc1ncc(OC2=C(c3ccc(S(C)(=O)=O)cc3)C(C)(C)OC2=O)cc1F. The van der Waals surface area contributed by atoms with E-state index in [4.69, 9.17) is 9.47 Å². The zero-order valence-corrected chi connectivity index (χ0v) is 16.1. The number of carbonyl (C=O) groups is 1. The Hall–Kier alpha value is -2.74. The third-order valence-electron chi connectivity index (χ3n) is 4.15. The van der Waals surface area contributed by atoms with Crippen LogP contribution in [0.5, 0.6) is 5.75 Å². The van der Waals surface area contributed by atoms with Crippen molar-refractivity contribution >= 4 is 21.4 Å². The highest BCUT2D eigenvalue weighted by Gasteiger charge is 2.43. The summed E-state index contributed by atoms with van der Waals surface area (Å²) in [6, 6.07) is 7.18. The molecule has 0 N–H and O–H groups in total. The molecule has 0 fully saturated rings. The molecule has 0 bridgehead atoms. The summed E-state index contributed by atoms with van der Waals surface area (Å²) in [5, 5.41) is 0. The molecule has 0 saturated heterocycles. The van der Waals surface area contributed by atoms with Crippen molar-refractivity contribution in [2.45, 2.75) is 31.3 Å². The van der Waals surface area contributed by atoms with Crippen LogP contribution < -0.4 is 4.74 Å². The lowest BCUT2D eigenvalue weighted by Gasteiger charge is -2.21. The number of cyclic esters (lactones) is 1. The van der Waals surface area contributed by atoms with Gasteiger partial charge in [0.15, 0.2) is 9.84 Å². The van der Waals surface area contributed by atoms with E-state index in [1.54, 1.807) is 26.0 Å². The molecule has 0 atom stereocenters. The van der Waals surface area contributed by atoms with E-state index >= 15 is 0 Å². The predicted octanol–water partition coefficient (Wildman–Crippen LogP) is 3.06. The number of esters is 1. The van der Waals surface area contributed by atoms with E-state index in [0.717, 1.165) is 12.3 Å². The van der Waals surface area contributed by atoms with Crippen LogP contribution >= 0.6 is 0 Å². The normalized spacial score (nSPS) is 16.4. The minimum atomic E-state index is -3.35. The molecule has 1 aromatic carbocycles. The third kappa shape index (κ3) is 3.71. The van der Waals surface area contributed by atoms with Gasteiger partial charge in [-0.1, -0.05) is 12.1 Å². The molecule has 0 spiro atoms. The third-order valence-corrected chi connectivity index (χ3v) is 5.28. The van der Waals surface area contributed by atoms with E-state index in [0.29, 0.717) is 11.1 Å². The Balaban J connectivity index is 2.08. The summed E-state index contributed by atoms with van der Waals surface area (Å²) in [6.07, 6.45) is 2.43. The fourth-order valence-electron chi connectivity index (χ4n) is 2.81. The molecule has 142 valence electrons. The van der Waals surface area contributed by atoms with E-state index < -0.39 is 27.2 Å². The van der Waals surface area contributed by atoms with Gasteiger partial charge in [-0.2, -0.15) is 0 Å². The highest BCUT2D eigenvalue weighted by atomic mass is 32.2. The average Bonchev–Trinajstić information content (AvgIpc) is 2.78. The Morgan fingerprint density at radius 2 is 1.81 bits per heavy atom. The number of halogens is 1. The Labute approximate surface area is 156 Å². The molecule has 1 aliphatic rings. The minimum absolute atomic E-state index is 0.0630. The first-order valence-corrected chi connectivity index (χ1v) is 9.97. The molecule has 8 heteroatoms. The molecule has 0 unspecified atom stereocenters. The summed E-state index contributed by atoms with van der Waals surface area (Å²) in [6.45, 7) is 4.89. The summed E-state index contributed by atoms with van der Waals surface area (Å²) in [5.74, 6) is -1.27. The van der Waals surface area contributed by atoms with Crippen molar-refractivity contribution in [3.63, 3.8) is 0 Å². The topological polar surface area (TPSA) is 82.6 Å². The lowest BCUT2D eigenvalue weighted by molar-refractivity contribution is -0.145. The van der Waals surface area contributed by atoms with Gasteiger partial charge in [-0.25, -0.2) is 17.6 Å². The smallest absolute Gasteiger partial charge is 0.375 e. The van der Waals surface area contributed by atoms with E-state index in [9.17, 15) is 17.6 Å². The van der Waals surface area contributed by atoms with Crippen molar-refractivity contribution < 1.29 is 27.1 Å². The Morgan fingerprint density at radius 3 is 2.37 bits per heavy atom. The second kappa shape index (κ2) is 6.45. The zero-order chi connectivity index (χ0) is 20.0. The monoisotopic (exact) mass is 391 g/mol. The summed E-state index contributed by atoms with van der Waals surface area (Å²) in [4.78, 5) is 16.4. The first-order chi connectivity index (χ1) is 12.5. The predicted molar refractivity (Wildman–Crippen MR) is 96.2 cm³/mol. The number of aromatic nitrogens is 1. The standard InChI is InChI=1S/C19H18FNO5S/c1-11-15(20)9-13(10-21-11)25-17-16(19(2,3)26-18(17)22)12-5-7-14(8-6-12)27(4,23)24/h5-10H,1-4H3. The van der Waals surface area contributed by atoms with Gasteiger partial charge in [-0.05, 0) is 38.5 Å². The van der Waals surface area contributed by atoms with Crippen molar-refractivity contribution in [3.05, 3.63) is 59.4 Å². The van der Waals surface area contributed by atoms with Gasteiger partial charge in [-0.3, -0.25) is 4.98 Å². The summed E-state index contributed by atoms with van der Waals surface area (Å²) >= 11 is 0. The van der Waals surface area contributed by atoms with Gasteiger partial charge in [0.1, 0.15) is 17.2 Å². The Bertz CT molecular complexity index is 1060. The number of ether oxygens (including phenoxy) is 2. The van der Waals surface area contributed by atoms with E-state index in [-0.39, 0.29) is 22.1 Å². The van der Waals surface area contributed by atoms with Crippen LogP contribution in [-0.2, 0) is 19.4 Å². The van der Waals surface area contributed by atoms with Crippen molar-refractivity contribution in [1.29, 1.82) is 0 Å². The van der Waals surface area contributed by atoms with Crippen LogP contribution in [0.3, 0.4) is 0 Å². The maximum Gasteiger partial charge on any atom is 0.375 e. The van der Waals surface area contributed by atoms with Crippen molar-refractivity contribution in [1.82, 2.24) is 4.98 Å². The van der Waals surface area contributed by atoms with E-state index in [1.807, 2.05) is 0 Å². The summed E-state index contributed by atoms with van der Waals surface area (Å²) in [5.41, 5.74) is 0.208. The number of sulfone groups is 1. The Kier molecular flexibility index (Phi) is 4.55. The molecule has 1 aromatic heterocycles. The number of nitrogens with zero attached hydrogens (tertiary/aromatic N) is 1. The quantitative estimate of drug-likeness (QED) is 0.745. The number of hydrogen-bond donors (Lipinski definition) is 0. The second-order valence-corrected chi connectivity index (χ2v) is 8.76. The Morgan fingerprint density at radius 1 is 1.19 bits per heavy atom. The van der Waals surface area contributed by atoms with Gasteiger partial charge in [0.2, 0.25) is 5.76 Å². The van der Waals surface area contributed by atoms with Gasteiger partial charge < -0.3 is 9.47 Å². The van der Waals surface area contributed by atoms with Crippen LogP contribution in [0, 0.1) is 12.7 Å². The first kappa shape index (κ1) is 19.0. The van der Waals surface area contributed by atoms with Gasteiger partial charge >= 0.3 is 5.97 Å². The lowest BCUT2D eigenvalue weighted by Crippen LogP contribution is -2.22. The summed E-state index contributed by atoms with van der Waals surface area (Å²) < 4.78 is 48.0. The number of pyridine rings is 1. The highest BCUT2D eigenvalue weighted by Crippen LogP contribution is 2.40. The van der Waals surface area contributed by atoms with Crippen molar-refractivity contribution in [2.24, 2.45) is 0 Å². The number of rotatable bonds is 4. The molecular weight excluding hydrogens is 373 g/mol. The number of aryl methyl sites for hydroxylation is 1.